The number of rotatable bonds is 6. The number of pyridine rings is 2. The first-order chi connectivity index (χ1) is 15.6. The summed E-state index contributed by atoms with van der Waals surface area (Å²) in [5, 5.41) is 10.6. The monoisotopic (exact) mass is 493 g/mol. The van der Waals surface area contributed by atoms with Crippen molar-refractivity contribution >= 4 is 38.4 Å². The number of nitriles is 1. The van der Waals surface area contributed by atoms with Crippen LogP contribution in [0, 0.1) is 11.3 Å². The number of fused-ring (bicyclic) bond motifs is 1. The molecule has 0 aromatic carbocycles. The second kappa shape index (κ2) is 8.30. The predicted molar refractivity (Wildman–Crippen MR) is 117 cm³/mol. The second-order valence-electron chi connectivity index (χ2n) is 7.15. The van der Waals surface area contributed by atoms with Crippen molar-refractivity contribution < 1.29 is 21.6 Å². The van der Waals surface area contributed by atoms with Crippen molar-refractivity contribution in [2.24, 2.45) is 0 Å². The highest BCUT2D eigenvalue weighted by Gasteiger charge is 2.41. The van der Waals surface area contributed by atoms with Crippen LogP contribution in [0.5, 0.6) is 0 Å². The van der Waals surface area contributed by atoms with Crippen molar-refractivity contribution in [3.63, 3.8) is 0 Å². The van der Waals surface area contributed by atoms with Gasteiger partial charge in [0.1, 0.15) is 22.7 Å². The van der Waals surface area contributed by atoms with Crippen molar-refractivity contribution in [2.75, 3.05) is 0 Å². The van der Waals surface area contributed by atoms with Crippen molar-refractivity contribution in [3.8, 4) is 17.5 Å². The van der Waals surface area contributed by atoms with Gasteiger partial charge in [0.2, 0.25) is 10.0 Å². The Morgan fingerprint density at radius 1 is 1.27 bits per heavy atom. The molecule has 33 heavy (non-hydrogen) atoms. The number of halogens is 4. The van der Waals surface area contributed by atoms with E-state index in [2.05, 4.69) is 16.0 Å². The molecule has 3 aromatic heterocycles. The molecule has 7 nitrogen and oxygen atoms in total. The number of hydrogen-bond donors (Lipinski definition) is 1. The minimum atomic E-state index is -4.73. The van der Waals surface area contributed by atoms with Gasteiger partial charge in [-0.25, -0.2) is 13.4 Å². The van der Waals surface area contributed by atoms with E-state index in [1.54, 1.807) is 33.6 Å². The standard InChI is InChI=1S/C21H15ClF3N5O2S/c1-2-18(21(23,24)25)29-33(31,32)14-6-7-17(27-11-14)19-16(9-26)15-8-12(22)10-28-20(15)30(19)13-4-3-5-13/h3-8,10-11,18,29H,2H2,1H3/t18-/m0/s1. The van der Waals surface area contributed by atoms with Gasteiger partial charge in [0, 0.05) is 23.5 Å². The fourth-order valence-corrected chi connectivity index (χ4v) is 4.80. The number of alkyl halides is 3. The van der Waals surface area contributed by atoms with Gasteiger partial charge in [-0.1, -0.05) is 24.6 Å². The molecule has 1 aliphatic carbocycles. The molecule has 0 saturated carbocycles. The molecule has 0 fully saturated rings. The Kier molecular flexibility index (Phi) is 5.78. The van der Waals surface area contributed by atoms with Crippen LogP contribution in [0.15, 0.2) is 53.7 Å². The first-order valence-corrected chi connectivity index (χ1v) is 11.5. The molecule has 1 aliphatic rings. The van der Waals surface area contributed by atoms with Crippen LogP contribution in [0.1, 0.15) is 18.9 Å². The lowest BCUT2D eigenvalue weighted by atomic mass is 10.1. The van der Waals surface area contributed by atoms with Gasteiger partial charge in [0.25, 0.3) is 0 Å². The summed E-state index contributed by atoms with van der Waals surface area (Å²) in [5.74, 6) is 0. The maximum Gasteiger partial charge on any atom is 0.404 e. The van der Waals surface area contributed by atoms with Gasteiger partial charge in [-0.15, -0.1) is 0 Å². The first-order valence-electron chi connectivity index (χ1n) is 9.61. The van der Waals surface area contributed by atoms with Crippen molar-refractivity contribution in [1.82, 2.24) is 19.3 Å². The molecule has 0 amide bonds. The van der Waals surface area contributed by atoms with E-state index in [0.717, 1.165) is 18.0 Å². The summed E-state index contributed by atoms with van der Waals surface area (Å²) in [4.78, 5) is 8.05. The lowest BCUT2D eigenvalue weighted by Crippen LogP contribution is -2.44. The third kappa shape index (κ3) is 4.13. The quantitative estimate of drug-likeness (QED) is 0.538. The molecule has 0 spiro atoms. The van der Waals surface area contributed by atoms with E-state index in [1.165, 1.54) is 19.2 Å². The zero-order valence-corrected chi connectivity index (χ0v) is 18.5. The number of sulfonamides is 1. The van der Waals surface area contributed by atoms with E-state index in [-0.39, 0.29) is 11.3 Å². The maximum absolute atomic E-state index is 13.0. The number of nitrogens with one attached hydrogen (secondary N) is 1. The molecule has 3 heterocycles. The number of hydrogen-bond acceptors (Lipinski definition) is 5. The predicted octanol–water partition coefficient (Wildman–Crippen LogP) is 4.65. The number of aromatic nitrogens is 3. The topological polar surface area (TPSA) is 101 Å². The zero-order valence-electron chi connectivity index (χ0n) is 16.9. The Hall–Kier alpha value is -3.20. The third-order valence-corrected chi connectivity index (χ3v) is 6.73. The molecule has 1 N–H and O–H groups in total. The largest absolute Gasteiger partial charge is 0.404 e. The van der Waals surface area contributed by atoms with Gasteiger partial charge in [-0.2, -0.15) is 23.2 Å². The smallest absolute Gasteiger partial charge is 0.291 e. The molecular formula is C21H15ClF3N5O2S. The van der Waals surface area contributed by atoms with E-state index in [9.17, 15) is 26.9 Å². The molecule has 4 rings (SSSR count). The summed E-state index contributed by atoms with van der Waals surface area (Å²) in [5.41, 5.74) is 2.01. The van der Waals surface area contributed by atoms with Crippen LogP contribution >= 0.6 is 11.6 Å². The summed E-state index contributed by atoms with van der Waals surface area (Å²) < 4.78 is 67.4. The van der Waals surface area contributed by atoms with Gasteiger partial charge in [0.05, 0.1) is 22.0 Å². The average Bonchev–Trinajstić information content (AvgIpc) is 3.03. The van der Waals surface area contributed by atoms with Crippen LogP contribution in [0.4, 0.5) is 13.2 Å². The zero-order chi connectivity index (χ0) is 24.0. The van der Waals surface area contributed by atoms with Crippen molar-refractivity contribution in [2.45, 2.75) is 30.5 Å². The van der Waals surface area contributed by atoms with Gasteiger partial charge in [0.15, 0.2) is 0 Å². The molecule has 0 unspecified atom stereocenters. The second-order valence-corrected chi connectivity index (χ2v) is 9.30. The minimum Gasteiger partial charge on any atom is -0.291 e. The Labute approximate surface area is 191 Å². The third-order valence-electron chi connectivity index (χ3n) is 5.07. The van der Waals surface area contributed by atoms with Gasteiger partial charge in [-0.3, -0.25) is 9.55 Å². The summed E-state index contributed by atoms with van der Waals surface area (Å²) in [7, 11) is -4.48. The fraction of sp³-hybridized carbons (Fsp3) is 0.190. The Balaban J connectivity index is 1.80. The highest BCUT2D eigenvalue weighted by molar-refractivity contribution is 7.89. The highest BCUT2D eigenvalue weighted by atomic mass is 35.5. The summed E-state index contributed by atoms with van der Waals surface area (Å²) in [6.45, 7) is 1.23. The van der Waals surface area contributed by atoms with E-state index in [1.807, 2.05) is 0 Å². The van der Waals surface area contributed by atoms with E-state index < -0.39 is 33.6 Å². The molecule has 0 saturated heterocycles. The van der Waals surface area contributed by atoms with Crippen LogP contribution in [0.2, 0.25) is 5.02 Å². The Morgan fingerprint density at radius 3 is 2.52 bits per heavy atom. The maximum atomic E-state index is 13.0. The van der Waals surface area contributed by atoms with Crippen LogP contribution in [0.3, 0.4) is 0 Å². The number of allylic oxidation sites excluding steroid dienone is 4. The van der Waals surface area contributed by atoms with E-state index in [4.69, 9.17) is 11.6 Å². The minimum absolute atomic E-state index is 0.227. The molecule has 12 heteroatoms. The van der Waals surface area contributed by atoms with Crippen LogP contribution in [-0.4, -0.2) is 35.2 Å². The van der Waals surface area contributed by atoms with Gasteiger partial charge in [-0.05, 0) is 36.8 Å². The van der Waals surface area contributed by atoms with E-state index >= 15 is 0 Å². The van der Waals surface area contributed by atoms with Crippen LogP contribution < -0.4 is 4.72 Å². The molecular weight excluding hydrogens is 479 g/mol. The highest BCUT2D eigenvalue weighted by Crippen LogP contribution is 2.37. The van der Waals surface area contributed by atoms with Crippen LogP contribution in [0.25, 0.3) is 28.1 Å². The molecule has 0 radical (unpaired) electrons. The van der Waals surface area contributed by atoms with Crippen LogP contribution in [-0.2, 0) is 10.0 Å². The summed E-state index contributed by atoms with van der Waals surface area (Å²) in [6, 6.07) is 3.96. The summed E-state index contributed by atoms with van der Waals surface area (Å²) >= 11 is 6.06. The first kappa shape index (κ1) is 23.0. The van der Waals surface area contributed by atoms with Crippen molar-refractivity contribution in [3.05, 3.63) is 59.4 Å². The normalized spacial score (nSPS) is 14.6. The van der Waals surface area contributed by atoms with Crippen molar-refractivity contribution in [1.29, 1.82) is 5.26 Å². The molecule has 1 atom stereocenters. The molecule has 0 bridgehead atoms. The Morgan fingerprint density at radius 2 is 2.00 bits per heavy atom. The molecule has 0 aliphatic heterocycles. The SMILES string of the molecule is CC[C@H](NS(=O)(=O)c1ccc(-c2c(C#N)c3cc(Cl)cnc3n2C2=CC=C2)nc1)C(F)(F)F. The lowest BCUT2D eigenvalue weighted by Gasteiger charge is -2.20. The lowest BCUT2D eigenvalue weighted by molar-refractivity contribution is -0.151. The average molecular weight is 494 g/mol. The fourth-order valence-electron chi connectivity index (χ4n) is 3.39. The molecule has 3 aromatic rings. The van der Waals surface area contributed by atoms with E-state index in [0.29, 0.717) is 21.7 Å². The summed E-state index contributed by atoms with van der Waals surface area (Å²) in [6.07, 6.45) is 2.60. The van der Waals surface area contributed by atoms with Gasteiger partial charge < -0.3 is 0 Å². The molecule has 170 valence electrons. The Bertz CT molecular complexity index is 1450. The van der Waals surface area contributed by atoms with Gasteiger partial charge >= 0.3 is 6.18 Å². The number of nitrogens with zero attached hydrogens (tertiary/aromatic N) is 4.